The number of Topliss-reactive ketones (excluding diaryl/α,β-unsaturated/α-hetero) is 1. The highest BCUT2D eigenvalue weighted by Gasteiger charge is 2.65. The minimum Gasteiger partial charge on any atom is -0.345 e. The molecule has 2 heterocycles. The Morgan fingerprint density at radius 3 is 2.13 bits per heavy atom. The van der Waals surface area contributed by atoms with Gasteiger partial charge >= 0.3 is 0 Å². The molecule has 0 radical (unpaired) electrons. The van der Waals surface area contributed by atoms with Crippen molar-refractivity contribution in [2.45, 2.75) is 150 Å². The number of hydrogen-bond acceptors (Lipinski definition) is 5. The Hall–Kier alpha value is -0.490. The summed E-state index contributed by atoms with van der Waals surface area (Å²) < 4.78 is 54.1. The fourth-order valence-corrected chi connectivity index (χ4v) is 10.4. The van der Waals surface area contributed by atoms with E-state index in [1.807, 2.05) is 27.7 Å². The van der Waals surface area contributed by atoms with Crippen LogP contribution in [-0.2, 0) is 23.7 Å². The monoisotopic (exact) mass is 550 g/mol. The van der Waals surface area contributed by atoms with Gasteiger partial charge in [-0.2, -0.15) is 0 Å². The van der Waals surface area contributed by atoms with Crippen LogP contribution in [0.4, 0.5) is 0 Å². The molecule has 222 valence electrons. The van der Waals surface area contributed by atoms with E-state index in [1.54, 1.807) is 0 Å². The van der Waals surface area contributed by atoms with E-state index in [1.165, 1.54) is 0 Å². The van der Waals surface area contributed by atoms with E-state index < -0.39 is 35.0 Å². The molecule has 2 aliphatic heterocycles. The molecule has 4 saturated carbocycles. The van der Waals surface area contributed by atoms with E-state index in [2.05, 4.69) is 41.5 Å². The van der Waals surface area contributed by atoms with E-state index in [-0.39, 0.29) is 59.9 Å². The summed E-state index contributed by atoms with van der Waals surface area (Å²) in [5, 5.41) is 0. The van der Waals surface area contributed by atoms with E-state index in [0.29, 0.717) is 24.2 Å². The molecule has 0 N–H and O–H groups in total. The van der Waals surface area contributed by atoms with Gasteiger partial charge in [0, 0.05) is 16.4 Å². The molecule has 6 aliphatic rings. The van der Waals surface area contributed by atoms with Crippen molar-refractivity contribution in [3.8, 4) is 0 Å². The van der Waals surface area contributed by atoms with Gasteiger partial charge in [-0.05, 0) is 118 Å². The zero-order chi connectivity index (χ0) is 31.0. The Balaban J connectivity index is 1.32. The normalized spacial score (nSPS) is 56.0. The molecule has 0 amide bonds. The van der Waals surface area contributed by atoms with Crippen molar-refractivity contribution < 1.29 is 27.9 Å². The fraction of sp³-hybridized carbons (Fsp3) is 0.971. The van der Waals surface area contributed by atoms with Crippen LogP contribution in [0.2, 0.25) is 0 Å². The summed E-state index contributed by atoms with van der Waals surface area (Å²) in [4.78, 5) is 14.3. The maximum atomic E-state index is 14.3. The van der Waals surface area contributed by atoms with Crippen LogP contribution in [0.1, 0.15) is 118 Å². The van der Waals surface area contributed by atoms with Gasteiger partial charge in [0.05, 0.1) is 24.4 Å². The second-order valence-electron chi connectivity index (χ2n) is 16.0. The Kier molecular flexibility index (Phi) is 5.94. The van der Waals surface area contributed by atoms with E-state index >= 15 is 0 Å². The third kappa shape index (κ3) is 4.41. The Labute approximate surface area is 242 Å². The summed E-state index contributed by atoms with van der Waals surface area (Å²) in [6, 6.07) is 0. The van der Waals surface area contributed by atoms with Crippen molar-refractivity contribution in [2.24, 2.45) is 58.1 Å². The second-order valence-corrected chi connectivity index (χ2v) is 16.0. The van der Waals surface area contributed by atoms with Crippen LogP contribution < -0.4 is 0 Å². The second kappa shape index (κ2) is 9.25. The third-order valence-corrected chi connectivity index (χ3v) is 12.6. The average molecular weight is 551 g/mol. The molecular weight excluding hydrogens is 488 g/mol. The van der Waals surface area contributed by atoms with Crippen LogP contribution in [0, 0.1) is 58.1 Å². The predicted molar refractivity (Wildman–Crippen MR) is 152 cm³/mol. The van der Waals surface area contributed by atoms with Gasteiger partial charge in [-0.25, -0.2) is 0 Å². The molecule has 5 nitrogen and oxygen atoms in total. The van der Waals surface area contributed by atoms with Crippen molar-refractivity contribution in [1.82, 2.24) is 0 Å². The molecule has 0 spiro atoms. The molecule has 0 aromatic rings. The van der Waals surface area contributed by atoms with E-state index in [0.717, 1.165) is 25.7 Å². The SMILES string of the molecule is [3H]C1([3H])C(=O)[C@@]2([3H])C[C@@H]3OC(C)(C)O[C@@H]3C[C@]2(C)[C@H]2CC[C@]3(C)[C@@H]([C@H](C)[C@H]4OC(C)(C)O[C@@H]4[C@H](C)C(C)C)CC[C@H]3[C@@H]21. The molecule has 0 unspecified atom stereocenters. The van der Waals surface area contributed by atoms with E-state index in [4.69, 9.17) is 18.9 Å². The summed E-state index contributed by atoms with van der Waals surface area (Å²) in [6.45, 7) is 21.4. The lowest BCUT2D eigenvalue weighted by Gasteiger charge is -2.61. The van der Waals surface area contributed by atoms with Gasteiger partial charge in [0.1, 0.15) is 5.78 Å². The van der Waals surface area contributed by atoms with Crippen LogP contribution >= 0.6 is 0 Å². The highest BCUT2D eigenvalue weighted by atomic mass is 16.8. The molecule has 0 aromatic heterocycles. The van der Waals surface area contributed by atoms with Crippen molar-refractivity contribution in [3.05, 3.63) is 0 Å². The molecule has 6 fully saturated rings. The highest BCUT2D eigenvalue weighted by molar-refractivity contribution is 5.83. The highest BCUT2D eigenvalue weighted by Crippen LogP contribution is 2.68. The standard InChI is InChI=1S/C34H56O5/c1-18(2)19(3)29-30(39-32(7,8)38-29)20(4)22-11-12-23-21-15-26(35)25-16-27-28(37-31(5,6)36-27)17-34(25,10)24(21)13-14-33(22,23)9/h18-25,27-30H,11-17H2,1-10H3/t19-,20+,21+,22-,23+,24+,25-,27+,28-,29-,30-,33-,34-/m1/s1/i15T2,25T. The summed E-state index contributed by atoms with van der Waals surface area (Å²) in [5.74, 6) is -2.29. The molecule has 2 saturated heterocycles. The van der Waals surface area contributed by atoms with Crippen LogP contribution in [0.25, 0.3) is 0 Å². The van der Waals surface area contributed by atoms with Crippen LogP contribution in [-0.4, -0.2) is 41.8 Å². The molecule has 13 atom stereocenters. The predicted octanol–water partition coefficient (Wildman–Crippen LogP) is 7.40. The lowest BCUT2D eigenvalue weighted by atomic mass is 9.44. The molecule has 0 aromatic carbocycles. The van der Waals surface area contributed by atoms with Gasteiger partial charge in [0.25, 0.3) is 0 Å². The van der Waals surface area contributed by atoms with Gasteiger partial charge in [0.15, 0.2) is 11.6 Å². The van der Waals surface area contributed by atoms with Gasteiger partial charge < -0.3 is 18.9 Å². The molecule has 4 aliphatic carbocycles. The smallest absolute Gasteiger partial charge is 0.163 e. The number of hydrogen-bond donors (Lipinski definition) is 0. The first-order valence-electron chi connectivity index (χ1n) is 17.4. The molecule has 39 heavy (non-hydrogen) atoms. The number of ether oxygens (including phenoxy) is 4. The molecule has 6 rings (SSSR count). The van der Waals surface area contributed by atoms with Gasteiger partial charge in [-0.15, -0.1) is 0 Å². The Morgan fingerprint density at radius 2 is 1.44 bits per heavy atom. The first kappa shape index (κ1) is 25.0. The van der Waals surface area contributed by atoms with Gasteiger partial charge in [-0.3, -0.25) is 4.79 Å². The average Bonchev–Trinajstić information content (AvgIpc) is 3.49. The van der Waals surface area contributed by atoms with Gasteiger partial charge in [0.2, 0.25) is 0 Å². The number of carbonyl (C=O) groups is 1. The van der Waals surface area contributed by atoms with Crippen molar-refractivity contribution in [3.63, 3.8) is 0 Å². The number of ketones is 1. The minimum atomic E-state index is -2.04. The van der Waals surface area contributed by atoms with Crippen LogP contribution in [0.15, 0.2) is 0 Å². The minimum absolute atomic E-state index is 0.0167. The quantitative estimate of drug-likeness (QED) is 0.365. The van der Waals surface area contributed by atoms with Crippen LogP contribution in [0.5, 0.6) is 0 Å². The summed E-state index contributed by atoms with van der Waals surface area (Å²) in [7, 11) is 0. The fourth-order valence-electron chi connectivity index (χ4n) is 10.4. The van der Waals surface area contributed by atoms with Crippen molar-refractivity contribution >= 4 is 5.78 Å². The van der Waals surface area contributed by atoms with Gasteiger partial charge in [-0.1, -0.05) is 41.5 Å². The lowest BCUT2D eigenvalue weighted by Crippen LogP contribution is -2.59. The van der Waals surface area contributed by atoms with E-state index in [9.17, 15) is 8.91 Å². The first-order chi connectivity index (χ1) is 19.2. The zero-order valence-electron chi connectivity index (χ0n) is 29.1. The van der Waals surface area contributed by atoms with Crippen molar-refractivity contribution in [1.29, 1.82) is 0 Å². The molecule has 0 bridgehead atoms. The number of fused-ring (bicyclic) bond motifs is 6. The summed E-state index contributed by atoms with van der Waals surface area (Å²) >= 11 is 0. The molecular formula is C34H56O5. The maximum Gasteiger partial charge on any atom is 0.163 e. The van der Waals surface area contributed by atoms with Crippen molar-refractivity contribution in [2.75, 3.05) is 0 Å². The largest absolute Gasteiger partial charge is 0.345 e. The molecule has 5 heteroatoms. The summed E-state index contributed by atoms with van der Waals surface area (Å²) in [6.07, 6.45) is 2.01. The zero-order valence-corrected chi connectivity index (χ0v) is 26.1. The lowest BCUT2D eigenvalue weighted by molar-refractivity contribution is -0.168. The van der Waals surface area contributed by atoms with Crippen LogP contribution in [0.3, 0.4) is 0 Å². The Bertz CT molecular complexity index is 1110. The third-order valence-electron chi connectivity index (χ3n) is 12.6. The summed E-state index contributed by atoms with van der Waals surface area (Å²) in [5.41, 5.74) is -0.749. The first-order valence-corrected chi connectivity index (χ1v) is 15.9. The number of rotatable bonds is 4. The number of carbonyl (C=O) groups excluding carboxylic acids is 1. The topological polar surface area (TPSA) is 54.0 Å². The Morgan fingerprint density at radius 1 is 0.821 bits per heavy atom. The maximum absolute atomic E-state index is 14.3.